The Hall–Kier alpha value is -2.25. The maximum Gasteiger partial charge on any atom is 0.398 e. The Bertz CT molecular complexity index is 612. The zero-order chi connectivity index (χ0) is 14.0. The van der Waals surface area contributed by atoms with E-state index < -0.39 is 29.1 Å². The van der Waals surface area contributed by atoms with E-state index in [0.717, 1.165) is 4.59 Å². The van der Waals surface area contributed by atoms with Crippen molar-refractivity contribution in [2.24, 2.45) is 0 Å². The van der Waals surface area contributed by atoms with Crippen LogP contribution in [0.3, 0.4) is 0 Å². The van der Waals surface area contributed by atoms with Crippen molar-refractivity contribution in [3.05, 3.63) is 35.8 Å². The first-order chi connectivity index (χ1) is 8.95. The minimum Gasteiger partial charge on any atom is -0.427 e. The summed E-state index contributed by atoms with van der Waals surface area (Å²) in [6.07, 6.45) is 1.46. The van der Waals surface area contributed by atoms with Crippen molar-refractivity contribution < 1.29 is 22.7 Å². The molecule has 0 aliphatic rings. The maximum atomic E-state index is 13.2. The Morgan fingerprint density at radius 1 is 1.32 bits per heavy atom. The Morgan fingerprint density at radius 3 is 2.47 bits per heavy atom. The number of hydrogen-bond acceptors (Lipinski definition) is 4. The molecule has 96 valence electrons. The molecular weight excluding hydrogens is 261 g/mol. The first-order valence-electron chi connectivity index (χ1n) is 5.17. The van der Waals surface area contributed by atoms with E-state index in [1.54, 1.807) is 7.85 Å². The summed E-state index contributed by atoms with van der Waals surface area (Å²) in [6, 6.07) is 0.844. The largest absolute Gasteiger partial charge is 0.427 e. The van der Waals surface area contributed by atoms with Gasteiger partial charge in [-0.2, -0.15) is 0 Å². The van der Waals surface area contributed by atoms with Crippen LogP contribution < -0.4 is 10.3 Å². The molecule has 0 saturated carbocycles. The molecule has 0 N–H and O–H groups in total. The lowest BCUT2D eigenvalue weighted by molar-refractivity contribution is 0.219. The van der Waals surface area contributed by atoms with Crippen LogP contribution in [0.5, 0.6) is 5.75 Å². The van der Waals surface area contributed by atoms with Gasteiger partial charge in [-0.1, -0.05) is 5.21 Å². The monoisotopic (exact) mass is 267 g/mol. The molecule has 0 bridgehead atoms. The third-order valence-electron chi connectivity index (χ3n) is 2.12. The molecule has 5 nitrogen and oxygen atoms in total. The van der Waals surface area contributed by atoms with E-state index in [4.69, 9.17) is 0 Å². The van der Waals surface area contributed by atoms with E-state index in [1.165, 1.54) is 6.20 Å². The van der Waals surface area contributed by atoms with Gasteiger partial charge in [-0.05, 0) is 0 Å². The summed E-state index contributed by atoms with van der Waals surface area (Å²) in [5.41, 5.74) is 0.576. The zero-order valence-electron chi connectivity index (χ0n) is 9.73. The first-order valence-corrected chi connectivity index (χ1v) is 5.17. The highest BCUT2D eigenvalue weighted by Crippen LogP contribution is 2.22. The average molecular weight is 267 g/mol. The lowest BCUT2D eigenvalue weighted by Gasteiger charge is -2.05. The van der Waals surface area contributed by atoms with Gasteiger partial charge in [0, 0.05) is 23.9 Å². The molecule has 0 atom stereocenters. The number of hydrogen-bond donors (Lipinski definition) is 0. The standard InChI is InChI=1S/C9H6B2F3N3O2/c10-7-3-17(16-15-7)11-9(18)19-8-5(13)1-4(12)2-6(8)14/h1-3,11H,10H2. The van der Waals surface area contributed by atoms with Gasteiger partial charge in [0.2, 0.25) is 5.75 Å². The number of aromatic nitrogens is 3. The van der Waals surface area contributed by atoms with Crippen molar-refractivity contribution in [1.29, 1.82) is 0 Å². The smallest absolute Gasteiger partial charge is 0.398 e. The molecule has 0 aliphatic carbocycles. The van der Waals surface area contributed by atoms with Gasteiger partial charge >= 0.3 is 7.41 Å². The van der Waals surface area contributed by atoms with Crippen molar-refractivity contribution in [2.75, 3.05) is 0 Å². The Morgan fingerprint density at radius 2 is 1.95 bits per heavy atom. The predicted molar refractivity (Wildman–Crippen MR) is 63.1 cm³/mol. The number of halogens is 3. The molecule has 1 heterocycles. The molecule has 1 aromatic heterocycles. The van der Waals surface area contributed by atoms with E-state index in [1.807, 2.05) is 0 Å². The Labute approximate surface area is 107 Å². The summed E-state index contributed by atoms with van der Waals surface area (Å²) in [7, 11) is 1.30. The molecule has 0 fully saturated rings. The van der Waals surface area contributed by atoms with Crippen molar-refractivity contribution in [3.8, 4) is 5.75 Å². The van der Waals surface area contributed by atoms with Crippen molar-refractivity contribution in [2.45, 2.75) is 0 Å². The SMILES string of the molecule is Bc1cn(BC(=O)Oc2c(F)cc(F)cc2F)nn1. The van der Waals surface area contributed by atoms with Gasteiger partial charge in [-0.25, -0.2) is 13.2 Å². The van der Waals surface area contributed by atoms with E-state index in [9.17, 15) is 18.0 Å². The van der Waals surface area contributed by atoms with Gasteiger partial charge in [0.15, 0.2) is 19.5 Å². The van der Waals surface area contributed by atoms with E-state index in [0.29, 0.717) is 17.7 Å². The summed E-state index contributed by atoms with van der Waals surface area (Å²) >= 11 is 0. The van der Waals surface area contributed by atoms with Gasteiger partial charge in [0.25, 0.3) is 5.87 Å². The minimum absolute atomic E-state index is 0.364. The van der Waals surface area contributed by atoms with Crippen LogP contribution in [0.4, 0.5) is 18.0 Å². The quantitative estimate of drug-likeness (QED) is 0.693. The summed E-state index contributed by atoms with van der Waals surface area (Å²) < 4.78 is 44.7. The minimum atomic E-state index is -1.29. The topological polar surface area (TPSA) is 57.0 Å². The second kappa shape index (κ2) is 5.17. The number of rotatable bonds is 3. The molecule has 2 rings (SSSR count). The van der Waals surface area contributed by atoms with Crippen LogP contribution >= 0.6 is 0 Å². The van der Waals surface area contributed by atoms with Crippen LogP contribution in [-0.4, -0.2) is 36.0 Å². The van der Waals surface area contributed by atoms with Gasteiger partial charge in [0.1, 0.15) is 5.82 Å². The number of ether oxygens (including phenoxy) is 1. The second-order valence-corrected chi connectivity index (χ2v) is 3.73. The van der Waals surface area contributed by atoms with Gasteiger partial charge in [-0.15, -0.1) is 5.10 Å². The van der Waals surface area contributed by atoms with Gasteiger partial charge in [0.05, 0.1) is 0 Å². The fourth-order valence-corrected chi connectivity index (χ4v) is 1.38. The zero-order valence-corrected chi connectivity index (χ0v) is 9.73. The van der Waals surface area contributed by atoms with Crippen LogP contribution in [0.25, 0.3) is 0 Å². The van der Waals surface area contributed by atoms with Crippen LogP contribution in [0.1, 0.15) is 0 Å². The summed E-state index contributed by atoms with van der Waals surface area (Å²) in [5, 5.41) is 7.21. The lowest BCUT2D eigenvalue weighted by atomic mass is 9.95. The summed E-state index contributed by atoms with van der Waals surface area (Å²) in [4.78, 5) is 11.4. The van der Waals surface area contributed by atoms with Crippen LogP contribution in [0.15, 0.2) is 18.3 Å². The summed E-state index contributed by atoms with van der Waals surface area (Å²) in [6.45, 7) is 0. The van der Waals surface area contributed by atoms with Crippen molar-refractivity contribution >= 4 is 26.7 Å². The number of benzene rings is 1. The molecule has 0 unspecified atom stereocenters. The predicted octanol–water partition coefficient (Wildman–Crippen LogP) is -0.648. The molecule has 0 radical (unpaired) electrons. The molecule has 1 aromatic carbocycles. The highest BCUT2D eigenvalue weighted by molar-refractivity contribution is 6.70. The third-order valence-corrected chi connectivity index (χ3v) is 2.12. The lowest BCUT2D eigenvalue weighted by Crippen LogP contribution is -2.23. The maximum absolute atomic E-state index is 13.2. The van der Waals surface area contributed by atoms with Crippen LogP contribution in [0, 0.1) is 17.5 Å². The number of nitrogens with zero attached hydrogens (tertiary/aromatic N) is 3. The molecule has 0 saturated heterocycles. The molecule has 0 aliphatic heterocycles. The average Bonchev–Trinajstić information content (AvgIpc) is 2.69. The fourth-order valence-electron chi connectivity index (χ4n) is 1.38. The highest BCUT2D eigenvalue weighted by Gasteiger charge is 2.18. The Balaban J connectivity index is 2.11. The van der Waals surface area contributed by atoms with Gasteiger partial charge < -0.3 is 4.74 Å². The van der Waals surface area contributed by atoms with E-state index in [-0.39, 0.29) is 7.41 Å². The fraction of sp³-hybridized carbons (Fsp3) is 0. The van der Waals surface area contributed by atoms with Crippen molar-refractivity contribution in [1.82, 2.24) is 14.9 Å². The Kier molecular flexibility index (Phi) is 3.59. The van der Waals surface area contributed by atoms with E-state index in [2.05, 4.69) is 15.0 Å². The number of carbonyl (C=O) groups is 1. The molecule has 0 spiro atoms. The van der Waals surface area contributed by atoms with Crippen molar-refractivity contribution in [3.63, 3.8) is 0 Å². The second-order valence-electron chi connectivity index (χ2n) is 3.73. The molecule has 10 heteroatoms. The summed E-state index contributed by atoms with van der Waals surface area (Å²) in [5.74, 6) is -5.57. The molecule has 2 aromatic rings. The van der Waals surface area contributed by atoms with Crippen LogP contribution in [0.2, 0.25) is 0 Å². The third kappa shape index (κ3) is 3.15. The molecular formula is C9H6B2F3N3O2. The van der Waals surface area contributed by atoms with Gasteiger partial charge in [-0.3, -0.25) is 9.39 Å². The number of carbonyl (C=O) groups excluding carboxylic acids is 1. The van der Waals surface area contributed by atoms with Crippen LogP contribution in [-0.2, 0) is 0 Å². The molecule has 0 amide bonds. The van der Waals surface area contributed by atoms with E-state index >= 15 is 0 Å². The normalized spacial score (nSPS) is 10.3. The first kappa shape index (κ1) is 13.2. The molecule has 19 heavy (non-hydrogen) atoms. The highest BCUT2D eigenvalue weighted by atomic mass is 19.1.